The maximum atomic E-state index is 11.1. The van der Waals surface area contributed by atoms with Crippen LogP contribution in [0.3, 0.4) is 0 Å². The summed E-state index contributed by atoms with van der Waals surface area (Å²) in [5.74, 6) is 0.933. The second kappa shape index (κ2) is 7.66. The normalized spacial score (nSPS) is 19.6. The van der Waals surface area contributed by atoms with Gasteiger partial charge in [-0.05, 0) is 50.3 Å². The van der Waals surface area contributed by atoms with Crippen LogP contribution in [0.5, 0.6) is 5.75 Å². The van der Waals surface area contributed by atoms with E-state index in [0.29, 0.717) is 12.8 Å². The quantitative estimate of drug-likeness (QED) is 0.710. The van der Waals surface area contributed by atoms with E-state index in [1.54, 1.807) is 0 Å². The third-order valence-electron chi connectivity index (χ3n) is 5.72. The van der Waals surface area contributed by atoms with Gasteiger partial charge in [0, 0.05) is 19.5 Å². The Bertz CT molecular complexity index is 1000. The van der Waals surface area contributed by atoms with Crippen LogP contribution in [0.4, 0.5) is 0 Å². The van der Waals surface area contributed by atoms with Gasteiger partial charge in [-0.1, -0.05) is 29.8 Å². The standard InChI is InChI=1S/C23H26N2O3/c1-15-4-3-5-16(12-15)13-22-24-20-14-19(10-11-21(20)25(22)2)28-18-8-6-17(7-9-18)23(26)27/h3-5,10-12,14,17-18H,6-9,13H2,1-2H3,(H,26,27)/t17-,18+. The molecule has 0 unspecified atom stereocenters. The van der Waals surface area contributed by atoms with Gasteiger partial charge in [-0.3, -0.25) is 4.79 Å². The molecule has 3 aromatic rings. The number of aromatic nitrogens is 2. The van der Waals surface area contributed by atoms with Crippen LogP contribution in [0.15, 0.2) is 42.5 Å². The van der Waals surface area contributed by atoms with Crippen molar-refractivity contribution in [1.82, 2.24) is 9.55 Å². The maximum Gasteiger partial charge on any atom is 0.306 e. The second-order valence-corrected chi connectivity index (χ2v) is 7.83. The monoisotopic (exact) mass is 378 g/mol. The molecule has 1 N–H and O–H groups in total. The number of imidazole rings is 1. The Morgan fingerprint density at radius 1 is 1.18 bits per heavy atom. The smallest absolute Gasteiger partial charge is 0.306 e. The average molecular weight is 378 g/mol. The van der Waals surface area contributed by atoms with Crippen molar-refractivity contribution in [3.8, 4) is 5.75 Å². The molecule has 1 heterocycles. The van der Waals surface area contributed by atoms with E-state index < -0.39 is 5.97 Å². The van der Waals surface area contributed by atoms with Crippen LogP contribution in [0.25, 0.3) is 11.0 Å². The summed E-state index contributed by atoms with van der Waals surface area (Å²) in [6.45, 7) is 2.10. The van der Waals surface area contributed by atoms with E-state index in [-0.39, 0.29) is 12.0 Å². The molecular weight excluding hydrogens is 352 g/mol. The van der Waals surface area contributed by atoms with Crippen molar-refractivity contribution < 1.29 is 14.6 Å². The summed E-state index contributed by atoms with van der Waals surface area (Å²) in [5, 5.41) is 9.13. The fraction of sp³-hybridized carbons (Fsp3) is 0.391. The number of nitrogens with zero attached hydrogens (tertiary/aromatic N) is 2. The van der Waals surface area contributed by atoms with Crippen LogP contribution >= 0.6 is 0 Å². The Hall–Kier alpha value is -2.82. The summed E-state index contributed by atoms with van der Waals surface area (Å²) in [4.78, 5) is 15.9. The zero-order valence-electron chi connectivity index (χ0n) is 16.4. The molecule has 1 aliphatic carbocycles. The number of carboxylic acids is 1. The largest absolute Gasteiger partial charge is 0.490 e. The summed E-state index contributed by atoms with van der Waals surface area (Å²) in [5.41, 5.74) is 4.53. The number of carboxylic acid groups (broad SMARTS) is 1. The zero-order chi connectivity index (χ0) is 19.7. The maximum absolute atomic E-state index is 11.1. The van der Waals surface area contributed by atoms with E-state index in [1.807, 2.05) is 19.2 Å². The van der Waals surface area contributed by atoms with Crippen LogP contribution in [-0.4, -0.2) is 26.7 Å². The van der Waals surface area contributed by atoms with Crippen molar-refractivity contribution in [1.29, 1.82) is 0 Å². The summed E-state index contributed by atoms with van der Waals surface area (Å²) < 4.78 is 8.27. The minimum absolute atomic E-state index is 0.0866. The Balaban J connectivity index is 1.49. The van der Waals surface area contributed by atoms with E-state index in [2.05, 4.69) is 41.8 Å². The Kier molecular flexibility index (Phi) is 5.07. The van der Waals surface area contributed by atoms with E-state index in [0.717, 1.165) is 41.9 Å². The SMILES string of the molecule is Cc1cccc(Cc2nc3cc(O[C@H]4CC[C@@H](C(=O)O)CC4)ccc3n2C)c1. The van der Waals surface area contributed by atoms with Crippen LogP contribution in [-0.2, 0) is 18.3 Å². The molecule has 0 saturated heterocycles. The van der Waals surface area contributed by atoms with Gasteiger partial charge in [0.2, 0.25) is 0 Å². The van der Waals surface area contributed by atoms with Gasteiger partial charge in [0.1, 0.15) is 11.6 Å². The third-order valence-corrected chi connectivity index (χ3v) is 5.72. The molecule has 5 heteroatoms. The van der Waals surface area contributed by atoms with E-state index in [9.17, 15) is 4.79 Å². The number of aryl methyl sites for hydroxylation is 2. The molecule has 146 valence electrons. The lowest BCUT2D eigenvalue weighted by Crippen LogP contribution is -2.27. The van der Waals surface area contributed by atoms with Gasteiger partial charge in [0.05, 0.1) is 23.1 Å². The molecule has 28 heavy (non-hydrogen) atoms. The zero-order valence-corrected chi connectivity index (χ0v) is 16.4. The van der Waals surface area contributed by atoms with Crippen molar-refractivity contribution in [3.05, 3.63) is 59.4 Å². The van der Waals surface area contributed by atoms with E-state index in [1.165, 1.54) is 11.1 Å². The van der Waals surface area contributed by atoms with Gasteiger partial charge >= 0.3 is 5.97 Å². The van der Waals surface area contributed by atoms with Crippen molar-refractivity contribution in [2.24, 2.45) is 13.0 Å². The van der Waals surface area contributed by atoms with Crippen LogP contribution in [0, 0.1) is 12.8 Å². The Morgan fingerprint density at radius 2 is 1.96 bits per heavy atom. The fourth-order valence-electron chi connectivity index (χ4n) is 4.09. The highest BCUT2D eigenvalue weighted by molar-refractivity contribution is 5.77. The van der Waals surface area contributed by atoms with Crippen molar-refractivity contribution in [3.63, 3.8) is 0 Å². The van der Waals surface area contributed by atoms with Crippen molar-refractivity contribution in [2.75, 3.05) is 0 Å². The average Bonchev–Trinajstić information content (AvgIpc) is 2.97. The minimum atomic E-state index is -0.686. The Morgan fingerprint density at radius 3 is 2.68 bits per heavy atom. The predicted molar refractivity (Wildman–Crippen MR) is 109 cm³/mol. The molecule has 0 aliphatic heterocycles. The number of hydrogen-bond donors (Lipinski definition) is 1. The van der Waals surface area contributed by atoms with Gasteiger partial charge < -0.3 is 14.4 Å². The lowest BCUT2D eigenvalue weighted by Gasteiger charge is -2.26. The van der Waals surface area contributed by atoms with Gasteiger partial charge in [-0.25, -0.2) is 4.98 Å². The molecule has 0 bridgehead atoms. The molecule has 0 atom stereocenters. The lowest BCUT2D eigenvalue weighted by molar-refractivity contribution is -0.143. The fourth-order valence-corrected chi connectivity index (χ4v) is 4.09. The molecule has 2 aromatic carbocycles. The summed E-state index contributed by atoms with van der Waals surface area (Å²) >= 11 is 0. The lowest BCUT2D eigenvalue weighted by atomic mass is 9.87. The first-order valence-electron chi connectivity index (χ1n) is 9.90. The molecule has 5 nitrogen and oxygen atoms in total. The second-order valence-electron chi connectivity index (χ2n) is 7.83. The van der Waals surface area contributed by atoms with Crippen LogP contribution in [0.2, 0.25) is 0 Å². The number of ether oxygens (including phenoxy) is 1. The number of carbonyl (C=O) groups is 1. The van der Waals surface area contributed by atoms with Gasteiger partial charge in [-0.2, -0.15) is 0 Å². The number of rotatable bonds is 5. The summed E-state index contributed by atoms with van der Waals surface area (Å²) in [6, 6.07) is 14.6. The highest BCUT2D eigenvalue weighted by atomic mass is 16.5. The summed E-state index contributed by atoms with van der Waals surface area (Å²) in [7, 11) is 2.05. The molecule has 0 spiro atoms. The molecule has 1 fully saturated rings. The molecule has 1 aromatic heterocycles. The summed E-state index contributed by atoms with van der Waals surface area (Å²) in [6.07, 6.45) is 3.83. The van der Waals surface area contributed by atoms with Crippen LogP contribution in [0.1, 0.15) is 42.6 Å². The number of hydrogen-bond acceptors (Lipinski definition) is 3. The van der Waals surface area contributed by atoms with E-state index >= 15 is 0 Å². The molecular formula is C23H26N2O3. The third kappa shape index (κ3) is 3.88. The molecule has 1 aliphatic rings. The first-order valence-corrected chi connectivity index (χ1v) is 9.90. The topological polar surface area (TPSA) is 64.3 Å². The highest BCUT2D eigenvalue weighted by Gasteiger charge is 2.27. The van der Waals surface area contributed by atoms with Crippen LogP contribution < -0.4 is 4.74 Å². The van der Waals surface area contributed by atoms with Gasteiger partial charge in [0.15, 0.2) is 0 Å². The first kappa shape index (κ1) is 18.5. The first-order chi connectivity index (χ1) is 13.5. The minimum Gasteiger partial charge on any atom is -0.490 e. The number of fused-ring (bicyclic) bond motifs is 1. The molecule has 0 amide bonds. The van der Waals surface area contributed by atoms with Gasteiger partial charge in [0.25, 0.3) is 0 Å². The molecule has 1 saturated carbocycles. The number of aliphatic carboxylic acids is 1. The van der Waals surface area contributed by atoms with Gasteiger partial charge in [-0.15, -0.1) is 0 Å². The number of benzene rings is 2. The van der Waals surface area contributed by atoms with Crippen molar-refractivity contribution in [2.45, 2.75) is 45.1 Å². The highest BCUT2D eigenvalue weighted by Crippen LogP contribution is 2.29. The predicted octanol–water partition coefficient (Wildman–Crippen LogP) is 4.49. The Labute approximate surface area is 165 Å². The van der Waals surface area contributed by atoms with Crippen molar-refractivity contribution >= 4 is 17.0 Å². The molecule has 0 radical (unpaired) electrons. The van der Waals surface area contributed by atoms with E-state index in [4.69, 9.17) is 14.8 Å². The molecule has 4 rings (SSSR count).